The highest BCUT2D eigenvalue weighted by atomic mass is 32.2. The average Bonchev–Trinajstić information content (AvgIpc) is 2.47. The minimum absolute atomic E-state index is 0.202. The molecule has 1 aliphatic heterocycles. The number of halogens is 1. The van der Waals surface area contributed by atoms with Gasteiger partial charge < -0.3 is 0 Å². The predicted molar refractivity (Wildman–Crippen MR) is 75.2 cm³/mol. The SMILES string of the molecule is O=S(=O)(c1ccc(F)cc1)N1CCC2CCCCC2C1. The van der Waals surface area contributed by atoms with E-state index in [0.29, 0.717) is 24.9 Å². The van der Waals surface area contributed by atoms with Crippen LogP contribution in [0.3, 0.4) is 0 Å². The van der Waals surface area contributed by atoms with Crippen LogP contribution in [-0.2, 0) is 10.0 Å². The van der Waals surface area contributed by atoms with Gasteiger partial charge in [-0.1, -0.05) is 19.3 Å². The van der Waals surface area contributed by atoms with Crippen LogP contribution in [0.25, 0.3) is 0 Å². The smallest absolute Gasteiger partial charge is 0.207 e. The molecule has 1 saturated heterocycles. The first-order valence-corrected chi connectivity index (χ1v) is 8.77. The van der Waals surface area contributed by atoms with Gasteiger partial charge in [-0.15, -0.1) is 0 Å². The molecule has 5 heteroatoms. The van der Waals surface area contributed by atoms with E-state index >= 15 is 0 Å². The largest absolute Gasteiger partial charge is 0.243 e. The Balaban J connectivity index is 1.79. The molecule has 20 heavy (non-hydrogen) atoms. The van der Waals surface area contributed by atoms with Gasteiger partial charge >= 0.3 is 0 Å². The molecule has 2 unspecified atom stereocenters. The second-order valence-electron chi connectivity index (χ2n) is 5.91. The Kier molecular flexibility index (Phi) is 3.82. The predicted octanol–water partition coefficient (Wildman–Crippen LogP) is 3.03. The van der Waals surface area contributed by atoms with Gasteiger partial charge in [0.1, 0.15) is 5.82 Å². The second-order valence-corrected chi connectivity index (χ2v) is 7.85. The molecule has 0 aromatic heterocycles. The van der Waals surface area contributed by atoms with Crippen molar-refractivity contribution in [2.45, 2.75) is 37.0 Å². The summed E-state index contributed by atoms with van der Waals surface area (Å²) in [6.45, 7) is 1.23. The van der Waals surface area contributed by atoms with Gasteiger partial charge in [0.2, 0.25) is 10.0 Å². The van der Waals surface area contributed by atoms with E-state index in [4.69, 9.17) is 0 Å². The van der Waals surface area contributed by atoms with E-state index in [1.807, 2.05) is 0 Å². The van der Waals surface area contributed by atoms with Crippen molar-refractivity contribution in [1.82, 2.24) is 4.31 Å². The molecule has 0 spiro atoms. The lowest BCUT2D eigenvalue weighted by atomic mass is 9.76. The Bertz CT molecular complexity index is 570. The minimum Gasteiger partial charge on any atom is -0.207 e. The van der Waals surface area contributed by atoms with Crippen molar-refractivity contribution in [3.8, 4) is 0 Å². The van der Waals surface area contributed by atoms with Crippen molar-refractivity contribution in [1.29, 1.82) is 0 Å². The summed E-state index contributed by atoms with van der Waals surface area (Å²) in [5.41, 5.74) is 0. The van der Waals surface area contributed by atoms with Crippen LogP contribution in [0, 0.1) is 17.7 Å². The van der Waals surface area contributed by atoms with Crippen LogP contribution in [0.2, 0.25) is 0 Å². The number of fused-ring (bicyclic) bond motifs is 1. The standard InChI is InChI=1S/C15H20FNO2S/c16-14-5-7-15(8-6-14)20(18,19)17-10-9-12-3-1-2-4-13(12)11-17/h5-8,12-13H,1-4,9-11H2. The quantitative estimate of drug-likeness (QED) is 0.841. The van der Waals surface area contributed by atoms with E-state index in [0.717, 1.165) is 12.8 Å². The summed E-state index contributed by atoms with van der Waals surface area (Å²) >= 11 is 0. The van der Waals surface area contributed by atoms with Gasteiger partial charge in [0, 0.05) is 13.1 Å². The summed E-state index contributed by atoms with van der Waals surface area (Å²) in [6.07, 6.45) is 5.85. The molecule has 2 atom stereocenters. The summed E-state index contributed by atoms with van der Waals surface area (Å²) in [4.78, 5) is 0.202. The maximum absolute atomic E-state index is 12.9. The number of hydrogen-bond acceptors (Lipinski definition) is 2. The first kappa shape index (κ1) is 14.0. The number of nitrogens with zero attached hydrogens (tertiary/aromatic N) is 1. The fourth-order valence-electron chi connectivity index (χ4n) is 3.54. The van der Waals surface area contributed by atoms with E-state index in [2.05, 4.69) is 0 Å². The number of hydrogen-bond donors (Lipinski definition) is 0. The van der Waals surface area contributed by atoms with Crippen LogP contribution >= 0.6 is 0 Å². The molecule has 2 fully saturated rings. The van der Waals surface area contributed by atoms with E-state index in [1.165, 1.54) is 43.5 Å². The zero-order valence-electron chi connectivity index (χ0n) is 11.5. The lowest BCUT2D eigenvalue weighted by Gasteiger charge is -2.40. The highest BCUT2D eigenvalue weighted by Crippen LogP contribution is 2.37. The average molecular weight is 297 g/mol. The summed E-state index contributed by atoms with van der Waals surface area (Å²) in [7, 11) is -3.46. The summed E-state index contributed by atoms with van der Waals surface area (Å²) < 4.78 is 39.7. The van der Waals surface area contributed by atoms with Gasteiger partial charge in [0.05, 0.1) is 4.90 Å². The van der Waals surface area contributed by atoms with E-state index in [9.17, 15) is 12.8 Å². The van der Waals surface area contributed by atoms with Crippen molar-refractivity contribution >= 4 is 10.0 Å². The monoisotopic (exact) mass is 297 g/mol. The minimum atomic E-state index is -3.46. The van der Waals surface area contributed by atoms with Gasteiger partial charge in [-0.3, -0.25) is 0 Å². The number of piperidine rings is 1. The molecule has 1 aliphatic carbocycles. The number of rotatable bonds is 2. The first-order chi connectivity index (χ1) is 9.57. The van der Waals surface area contributed by atoms with E-state index in [1.54, 1.807) is 4.31 Å². The third-order valence-corrected chi connectivity index (χ3v) is 6.58. The zero-order chi connectivity index (χ0) is 14.2. The van der Waals surface area contributed by atoms with E-state index < -0.39 is 15.8 Å². The maximum atomic E-state index is 12.9. The van der Waals surface area contributed by atoms with Gasteiger partial charge in [-0.2, -0.15) is 4.31 Å². The molecular formula is C15H20FNO2S. The lowest BCUT2D eigenvalue weighted by molar-refractivity contribution is 0.136. The van der Waals surface area contributed by atoms with Crippen molar-refractivity contribution in [3.05, 3.63) is 30.1 Å². The highest BCUT2D eigenvalue weighted by molar-refractivity contribution is 7.89. The van der Waals surface area contributed by atoms with Gasteiger partial charge in [-0.05, 0) is 48.9 Å². The molecule has 2 aliphatic rings. The first-order valence-electron chi connectivity index (χ1n) is 7.33. The summed E-state index contributed by atoms with van der Waals surface area (Å²) in [6, 6.07) is 5.13. The van der Waals surface area contributed by atoms with Crippen molar-refractivity contribution < 1.29 is 12.8 Å². The normalized spacial score (nSPS) is 28.1. The Labute approximate surface area is 119 Å². The molecule has 0 amide bonds. The van der Waals surface area contributed by atoms with Crippen LogP contribution in [0.15, 0.2) is 29.2 Å². The number of benzene rings is 1. The van der Waals surface area contributed by atoms with Crippen LogP contribution in [-0.4, -0.2) is 25.8 Å². The third-order valence-electron chi connectivity index (χ3n) is 4.71. The fourth-order valence-corrected chi connectivity index (χ4v) is 5.05. The Morgan fingerprint density at radius 3 is 2.35 bits per heavy atom. The van der Waals surface area contributed by atoms with Gasteiger partial charge in [-0.25, -0.2) is 12.8 Å². The Morgan fingerprint density at radius 1 is 1.00 bits per heavy atom. The molecule has 3 rings (SSSR count). The third kappa shape index (κ3) is 2.61. The molecule has 0 bridgehead atoms. The van der Waals surface area contributed by atoms with Gasteiger partial charge in [0.25, 0.3) is 0 Å². The number of sulfonamides is 1. The van der Waals surface area contributed by atoms with Crippen LogP contribution < -0.4 is 0 Å². The van der Waals surface area contributed by atoms with Crippen LogP contribution in [0.5, 0.6) is 0 Å². The van der Waals surface area contributed by atoms with Crippen molar-refractivity contribution in [3.63, 3.8) is 0 Å². The van der Waals surface area contributed by atoms with Crippen molar-refractivity contribution in [2.75, 3.05) is 13.1 Å². The molecular weight excluding hydrogens is 277 g/mol. The molecule has 1 aromatic carbocycles. The molecule has 0 radical (unpaired) electrons. The Morgan fingerprint density at radius 2 is 1.65 bits per heavy atom. The maximum Gasteiger partial charge on any atom is 0.243 e. The molecule has 1 saturated carbocycles. The Hall–Kier alpha value is -0.940. The van der Waals surface area contributed by atoms with Gasteiger partial charge in [0.15, 0.2) is 0 Å². The summed E-state index contributed by atoms with van der Waals surface area (Å²) in [5, 5.41) is 0. The van der Waals surface area contributed by atoms with Crippen LogP contribution in [0.4, 0.5) is 4.39 Å². The molecule has 1 heterocycles. The molecule has 0 N–H and O–H groups in total. The molecule has 3 nitrogen and oxygen atoms in total. The van der Waals surface area contributed by atoms with Crippen LogP contribution in [0.1, 0.15) is 32.1 Å². The van der Waals surface area contributed by atoms with Crippen molar-refractivity contribution in [2.24, 2.45) is 11.8 Å². The second kappa shape index (κ2) is 5.45. The molecule has 110 valence electrons. The topological polar surface area (TPSA) is 37.4 Å². The zero-order valence-corrected chi connectivity index (χ0v) is 12.3. The molecule has 1 aromatic rings. The summed E-state index contributed by atoms with van der Waals surface area (Å²) in [5.74, 6) is 0.797. The fraction of sp³-hybridized carbons (Fsp3) is 0.600. The highest BCUT2D eigenvalue weighted by Gasteiger charge is 2.36. The van der Waals surface area contributed by atoms with E-state index in [-0.39, 0.29) is 4.90 Å². The lowest BCUT2D eigenvalue weighted by Crippen LogP contribution is -2.44.